The lowest BCUT2D eigenvalue weighted by atomic mass is 9.97. The van der Waals surface area contributed by atoms with Gasteiger partial charge in [-0.25, -0.2) is 0 Å². The smallest absolute Gasteiger partial charge is 0.232 e. The van der Waals surface area contributed by atoms with E-state index in [0.29, 0.717) is 25.3 Å². The van der Waals surface area contributed by atoms with E-state index in [1.807, 2.05) is 20.9 Å². The number of imide groups is 1. The van der Waals surface area contributed by atoms with E-state index in [9.17, 15) is 9.59 Å². The van der Waals surface area contributed by atoms with Crippen LogP contribution in [0.25, 0.3) is 0 Å². The highest BCUT2D eigenvalue weighted by molar-refractivity contribution is 5.98. The molecule has 1 aliphatic heterocycles. The molecule has 4 nitrogen and oxygen atoms in total. The summed E-state index contributed by atoms with van der Waals surface area (Å²) < 4.78 is 0. The van der Waals surface area contributed by atoms with Crippen LogP contribution in [-0.2, 0) is 9.59 Å². The van der Waals surface area contributed by atoms with Gasteiger partial charge in [0.2, 0.25) is 11.8 Å². The normalized spacial score (nSPS) is 24.5. The van der Waals surface area contributed by atoms with Crippen LogP contribution in [0.2, 0.25) is 0 Å². The van der Waals surface area contributed by atoms with Crippen molar-refractivity contribution >= 4 is 11.8 Å². The first-order valence-electron chi connectivity index (χ1n) is 5.55. The molecule has 0 bridgehead atoms. The van der Waals surface area contributed by atoms with Gasteiger partial charge in [0.15, 0.2) is 0 Å². The third kappa shape index (κ3) is 3.02. The van der Waals surface area contributed by atoms with Gasteiger partial charge in [0.05, 0.1) is 0 Å². The number of nitrogens with zero attached hydrogens (tertiary/aromatic N) is 1. The Morgan fingerprint density at radius 2 is 2.20 bits per heavy atom. The first-order chi connectivity index (χ1) is 7.06. The molecule has 1 N–H and O–H groups in total. The maximum absolute atomic E-state index is 11.8. The predicted octanol–water partition coefficient (Wildman–Crippen LogP) is 0.627. The third-order valence-electron chi connectivity index (χ3n) is 2.83. The summed E-state index contributed by atoms with van der Waals surface area (Å²) in [6.45, 7) is 5.30. The SMILES string of the molecule is CNCC(C)CN1C(=O)CCC(C)C1=O. The lowest BCUT2D eigenvalue weighted by Gasteiger charge is -2.30. The average Bonchev–Trinajstić information content (AvgIpc) is 2.19. The summed E-state index contributed by atoms with van der Waals surface area (Å²) in [6.07, 6.45) is 1.22. The van der Waals surface area contributed by atoms with E-state index in [0.717, 1.165) is 6.54 Å². The van der Waals surface area contributed by atoms with Gasteiger partial charge in [0.25, 0.3) is 0 Å². The zero-order chi connectivity index (χ0) is 11.4. The number of carbonyl (C=O) groups excluding carboxylic acids is 2. The number of hydrogen-bond donors (Lipinski definition) is 1. The molecule has 0 aromatic heterocycles. The van der Waals surface area contributed by atoms with Crippen LogP contribution in [0.5, 0.6) is 0 Å². The minimum Gasteiger partial charge on any atom is -0.319 e. The molecular weight excluding hydrogens is 192 g/mol. The molecule has 0 aliphatic carbocycles. The monoisotopic (exact) mass is 212 g/mol. The summed E-state index contributed by atoms with van der Waals surface area (Å²) in [6, 6.07) is 0. The van der Waals surface area contributed by atoms with Crippen molar-refractivity contribution in [2.24, 2.45) is 11.8 Å². The van der Waals surface area contributed by atoms with E-state index in [4.69, 9.17) is 0 Å². The number of hydrogen-bond acceptors (Lipinski definition) is 3. The zero-order valence-corrected chi connectivity index (χ0v) is 9.75. The van der Waals surface area contributed by atoms with E-state index in [1.165, 1.54) is 4.90 Å². The van der Waals surface area contributed by atoms with Crippen molar-refractivity contribution in [1.29, 1.82) is 0 Å². The Morgan fingerprint density at radius 3 is 2.80 bits per heavy atom. The second-order valence-electron chi connectivity index (χ2n) is 4.45. The molecule has 1 rings (SSSR count). The second kappa shape index (κ2) is 5.26. The minimum absolute atomic E-state index is 0.00415. The van der Waals surface area contributed by atoms with E-state index >= 15 is 0 Å². The molecule has 2 atom stereocenters. The van der Waals surface area contributed by atoms with Gasteiger partial charge in [0.1, 0.15) is 0 Å². The average molecular weight is 212 g/mol. The van der Waals surface area contributed by atoms with Crippen LogP contribution < -0.4 is 5.32 Å². The maximum Gasteiger partial charge on any atom is 0.232 e. The third-order valence-corrected chi connectivity index (χ3v) is 2.83. The molecule has 0 saturated carbocycles. The highest BCUT2D eigenvalue weighted by Gasteiger charge is 2.31. The molecule has 4 heteroatoms. The van der Waals surface area contributed by atoms with E-state index in [1.54, 1.807) is 0 Å². The predicted molar refractivity (Wildman–Crippen MR) is 58.2 cm³/mol. The molecule has 0 aromatic rings. The molecular formula is C11H20N2O2. The van der Waals surface area contributed by atoms with Crippen molar-refractivity contribution in [3.63, 3.8) is 0 Å². The van der Waals surface area contributed by atoms with Crippen LogP contribution in [0.3, 0.4) is 0 Å². The van der Waals surface area contributed by atoms with Crippen molar-refractivity contribution in [2.45, 2.75) is 26.7 Å². The molecule has 15 heavy (non-hydrogen) atoms. The summed E-state index contributed by atoms with van der Waals surface area (Å²) in [5.41, 5.74) is 0. The standard InChI is InChI=1S/C11H20N2O2/c1-8(6-12-3)7-13-10(14)5-4-9(2)11(13)15/h8-9,12H,4-7H2,1-3H3. The molecule has 0 radical (unpaired) electrons. The van der Waals surface area contributed by atoms with Crippen molar-refractivity contribution in [3.05, 3.63) is 0 Å². The summed E-state index contributed by atoms with van der Waals surface area (Å²) in [4.78, 5) is 24.8. The lowest BCUT2D eigenvalue weighted by molar-refractivity contribution is -0.151. The number of rotatable bonds is 4. The van der Waals surface area contributed by atoms with Crippen molar-refractivity contribution < 1.29 is 9.59 Å². The highest BCUT2D eigenvalue weighted by atomic mass is 16.2. The summed E-state index contributed by atoms with van der Waals surface area (Å²) in [7, 11) is 1.87. The van der Waals surface area contributed by atoms with Crippen LogP contribution in [0.15, 0.2) is 0 Å². The summed E-state index contributed by atoms with van der Waals surface area (Å²) >= 11 is 0. The van der Waals surface area contributed by atoms with Gasteiger partial charge in [-0.15, -0.1) is 0 Å². The molecule has 86 valence electrons. The molecule has 0 aromatic carbocycles. The summed E-state index contributed by atoms with van der Waals surface area (Å²) in [5, 5.41) is 3.05. The number of nitrogens with one attached hydrogen (secondary N) is 1. The molecule has 1 fully saturated rings. The quantitative estimate of drug-likeness (QED) is 0.695. The Bertz CT molecular complexity index is 253. The second-order valence-corrected chi connectivity index (χ2v) is 4.45. The number of likely N-dealkylation sites (tertiary alicyclic amines) is 1. The van der Waals surface area contributed by atoms with E-state index in [2.05, 4.69) is 5.32 Å². The molecule has 1 heterocycles. The zero-order valence-electron chi connectivity index (χ0n) is 9.75. The first kappa shape index (κ1) is 12.2. The van der Waals surface area contributed by atoms with Crippen molar-refractivity contribution in [1.82, 2.24) is 10.2 Å². The highest BCUT2D eigenvalue weighted by Crippen LogP contribution is 2.19. The van der Waals surface area contributed by atoms with Gasteiger partial charge < -0.3 is 5.32 Å². The molecule has 1 aliphatic rings. The van der Waals surface area contributed by atoms with Crippen LogP contribution in [-0.4, -0.2) is 36.9 Å². The van der Waals surface area contributed by atoms with E-state index in [-0.39, 0.29) is 17.7 Å². The van der Waals surface area contributed by atoms with Gasteiger partial charge in [-0.05, 0) is 25.9 Å². The summed E-state index contributed by atoms with van der Waals surface area (Å²) in [5.74, 6) is 0.299. The minimum atomic E-state index is -0.0129. The topological polar surface area (TPSA) is 49.4 Å². The first-order valence-corrected chi connectivity index (χ1v) is 5.55. The fourth-order valence-electron chi connectivity index (χ4n) is 1.90. The Morgan fingerprint density at radius 1 is 1.53 bits per heavy atom. The fraction of sp³-hybridized carbons (Fsp3) is 0.818. The van der Waals surface area contributed by atoms with E-state index < -0.39 is 0 Å². The van der Waals surface area contributed by atoms with Gasteiger partial charge in [-0.1, -0.05) is 13.8 Å². The lowest BCUT2D eigenvalue weighted by Crippen LogP contribution is -2.47. The van der Waals surface area contributed by atoms with Crippen molar-refractivity contribution in [2.75, 3.05) is 20.1 Å². The molecule has 2 amide bonds. The Balaban J connectivity index is 2.57. The number of carbonyl (C=O) groups is 2. The van der Waals surface area contributed by atoms with Crippen molar-refractivity contribution in [3.8, 4) is 0 Å². The molecule has 1 saturated heterocycles. The largest absolute Gasteiger partial charge is 0.319 e. The Labute approximate surface area is 91.0 Å². The molecule has 2 unspecified atom stereocenters. The van der Waals surface area contributed by atoms with Gasteiger partial charge in [0, 0.05) is 18.9 Å². The fourth-order valence-corrected chi connectivity index (χ4v) is 1.90. The van der Waals surface area contributed by atoms with Gasteiger partial charge in [-0.2, -0.15) is 0 Å². The number of piperidine rings is 1. The van der Waals surface area contributed by atoms with Gasteiger partial charge in [-0.3, -0.25) is 14.5 Å². The van der Waals surface area contributed by atoms with Crippen LogP contribution in [0, 0.1) is 11.8 Å². The Kier molecular flexibility index (Phi) is 4.27. The molecule has 0 spiro atoms. The van der Waals surface area contributed by atoms with Crippen LogP contribution in [0.1, 0.15) is 26.7 Å². The van der Waals surface area contributed by atoms with Crippen LogP contribution >= 0.6 is 0 Å². The Hall–Kier alpha value is -0.900. The number of amides is 2. The van der Waals surface area contributed by atoms with Gasteiger partial charge >= 0.3 is 0 Å². The van der Waals surface area contributed by atoms with Crippen LogP contribution in [0.4, 0.5) is 0 Å². The maximum atomic E-state index is 11.8.